The van der Waals surface area contributed by atoms with Crippen LogP contribution in [0.15, 0.2) is 54.7 Å². The summed E-state index contributed by atoms with van der Waals surface area (Å²) in [7, 11) is 0. The number of benzene rings is 1. The first-order valence-corrected chi connectivity index (χ1v) is 10.4. The lowest BCUT2D eigenvalue weighted by atomic mass is 9.93. The van der Waals surface area contributed by atoms with Crippen molar-refractivity contribution < 1.29 is 9.59 Å². The maximum Gasteiger partial charge on any atom is 0.227 e. The van der Waals surface area contributed by atoms with Crippen molar-refractivity contribution in [3.05, 3.63) is 66.0 Å². The first-order chi connectivity index (χ1) is 14.2. The maximum atomic E-state index is 12.9. The van der Waals surface area contributed by atoms with E-state index in [9.17, 15) is 9.59 Å². The number of nitrogens with zero attached hydrogens (tertiary/aromatic N) is 3. The average Bonchev–Trinajstić information content (AvgIpc) is 2.78. The van der Waals surface area contributed by atoms with E-state index in [0.29, 0.717) is 19.4 Å². The number of rotatable bonds is 8. The molecule has 1 N–H and O–H groups in total. The molecule has 0 radical (unpaired) electrons. The van der Waals surface area contributed by atoms with E-state index >= 15 is 0 Å². The molecule has 0 spiro atoms. The van der Waals surface area contributed by atoms with E-state index in [1.165, 1.54) is 0 Å². The Labute approximate surface area is 172 Å². The van der Waals surface area contributed by atoms with Crippen molar-refractivity contribution >= 4 is 11.8 Å². The third-order valence-electron chi connectivity index (χ3n) is 5.47. The van der Waals surface area contributed by atoms with Gasteiger partial charge >= 0.3 is 0 Å². The van der Waals surface area contributed by atoms with Crippen LogP contribution in [0, 0.1) is 0 Å². The SMILES string of the molecule is CCN1CCN(C(=O)CCNC(=O)C(Cc2ccccn2)c2ccccc2)CC1. The van der Waals surface area contributed by atoms with Crippen LogP contribution in [0.25, 0.3) is 0 Å². The third kappa shape index (κ3) is 6.12. The largest absolute Gasteiger partial charge is 0.355 e. The van der Waals surface area contributed by atoms with Crippen LogP contribution >= 0.6 is 0 Å². The van der Waals surface area contributed by atoms with Crippen LogP contribution in [0.4, 0.5) is 0 Å². The quantitative estimate of drug-likeness (QED) is 0.745. The Morgan fingerprint density at radius 2 is 1.76 bits per heavy atom. The van der Waals surface area contributed by atoms with Gasteiger partial charge in [0.1, 0.15) is 0 Å². The highest BCUT2D eigenvalue weighted by Gasteiger charge is 2.23. The van der Waals surface area contributed by atoms with E-state index in [1.54, 1.807) is 6.20 Å². The second-order valence-electron chi connectivity index (χ2n) is 7.34. The van der Waals surface area contributed by atoms with Gasteiger partial charge in [0.05, 0.1) is 5.92 Å². The van der Waals surface area contributed by atoms with Gasteiger partial charge in [-0.05, 0) is 24.2 Å². The summed E-state index contributed by atoms with van der Waals surface area (Å²) < 4.78 is 0. The minimum Gasteiger partial charge on any atom is -0.355 e. The van der Waals surface area contributed by atoms with Crippen LogP contribution in [0.3, 0.4) is 0 Å². The van der Waals surface area contributed by atoms with E-state index in [0.717, 1.165) is 44.0 Å². The number of amides is 2. The number of aromatic nitrogens is 1. The van der Waals surface area contributed by atoms with Gasteiger partial charge in [0.25, 0.3) is 0 Å². The normalized spacial score (nSPS) is 15.7. The van der Waals surface area contributed by atoms with Crippen molar-refractivity contribution in [2.45, 2.75) is 25.7 Å². The molecule has 6 heteroatoms. The molecule has 1 atom stereocenters. The molecule has 154 valence electrons. The number of piperazine rings is 1. The number of pyridine rings is 1. The highest BCUT2D eigenvalue weighted by atomic mass is 16.2. The van der Waals surface area contributed by atoms with Gasteiger partial charge < -0.3 is 15.1 Å². The maximum absolute atomic E-state index is 12.9. The molecule has 1 saturated heterocycles. The topological polar surface area (TPSA) is 65.5 Å². The van der Waals surface area contributed by atoms with E-state index in [1.807, 2.05) is 53.4 Å². The molecule has 6 nitrogen and oxygen atoms in total. The molecule has 2 amide bonds. The van der Waals surface area contributed by atoms with Crippen molar-refractivity contribution in [1.82, 2.24) is 20.1 Å². The fraction of sp³-hybridized carbons (Fsp3) is 0.435. The Balaban J connectivity index is 1.54. The summed E-state index contributed by atoms with van der Waals surface area (Å²) in [5.74, 6) is -0.276. The summed E-state index contributed by atoms with van der Waals surface area (Å²) in [5.41, 5.74) is 1.83. The molecule has 2 aromatic rings. The summed E-state index contributed by atoms with van der Waals surface area (Å²) in [6, 6.07) is 15.5. The van der Waals surface area contributed by atoms with Gasteiger partial charge in [0.15, 0.2) is 0 Å². The van der Waals surface area contributed by atoms with Crippen molar-refractivity contribution in [3.8, 4) is 0 Å². The molecular formula is C23H30N4O2. The second kappa shape index (κ2) is 10.7. The van der Waals surface area contributed by atoms with Gasteiger partial charge in [-0.15, -0.1) is 0 Å². The molecular weight excluding hydrogens is 364 g/mol. The first-order valence-electron chi connectivity index (χ1n) is 10.4. The van der Waals surface area contributed by atoms with Gasteiger partial charge in [0, 0.05) is 57.5 Å². The van der Waals surface area contributed by atoms with Gasteiger partial charge in [-0.3, -0.25) is 14.6 Å². The Morgan fingerprint density at radius 3 is 2.41 bits per heavy atom. The van der Waals surface area contributed by atoms with E-state index in [2.05, 4.69) is 22.1 Å². The number of carbonyl (C=O) groups is 2. The summed E-state index contributed by atoms with van der Waals surface area (Å²) in [5, 5.41) is 2.97. The molecule has 1 aromatic carbocycles. The zero-order chi connectivity index (χ0) is 20.5. The smallest absolute Gasteiger partial charge is 0.227 e. The van der Waals surface area contributed by atoms with E-state index in [4.69, 9.17) is 0 Å². The summed E-state index contributed by atoms with van der Waals surface area (Å²) >= 11 is 0. The zero-order valence-electron chi connectivity index (χ0n) is 17.1. The third-order valence-corrected chi connectivity index (χ3v) is 5.47. The van der Waals surface area contributed by atoms with Gasteiger partial charge in [0.2, 0.25) is 11.8 Å². The molecule has 1 unspecified atom stereocenters. The van der Waals surface area contributed by atoms with Gasteiger partial charge in [-0.1, -0.05) is 43.3 Å². The Kier molecular flexibility index (Phi) is 7.76. The van der Waals surface area contributed by atoms with Crippen molar-refractivity contribution in [2.24, 2.45) is 0 Å². The number of nitrogens with one attached hydrogen (secondary N) is 1. The second-order valence-corrected chi connectivity index (χ2v) is 7.34. The minimum absolute atomic E-state index is 0.0644. The number of hydrogen-bond acceptors (Lipinski definition) is 4. The van der Waals surface area contributed by atoms with Crippen LogP contribution in [0.5, 0.6) is 0 Å². The highest BCUT2D eigenvalue weighted by Crippen LogP contribution is 2.20. The Bertz CT molecular complexity index is 774. The van der Waals surface area contributed by atoms with Crippen LogP contribution in [0.2, 0.25) is 0 Å². The van der Waals surface area contributed by atoms with Crippen LogP contribution in [-0.4, -0.2) is 65.9 Å². The summed E-state index contributed by atoms with van der Waals surface area (Å²) in [6.45, 7) is 6.91. The number of hydrogen-bond donors (Lipinski definition) is 1. The fourth-order valence-corrected chi connectivity index (χ4v) is 3.66. The predicted octanol–water partition coefficient (Wildman–Crippen LogP) is 2.08. The number of likely N-dealkylation sites (N-methyl/N-ethyl adjacent to an activating group) is 1. The molecule has 0 aliphatic carbocycles. The Hall–Kier alpha value is -2.73. The lowest BCUT2D eigenvalue weighted by Crippen LogP contribution is -2.49. The molecule has 1 aromatic heterocycles. The lowest BCUT2D eigenvalue weighted by molar-refractivity contribution is -0.133. The van der Waals surface area contributed by atoms with E-state index in [-0.39, 0.29) is 17.7 Å². The molecule has 0 bridgehead atoms. The monoisotopic (exact) mass is 394 g/mol. The first kappa shape index (κ1) is 21.0. The summed E-state index contributed by atoms with van der Waals surface area (Å²) in [4.78, 5) is 34.0. The predicted molar refractivity (Wildman–Crippen MR) is 113 cm³/mol. The average molecular weight is 395 g/mol. The fourth-order valence-electron chi connectivity index (χ4n) is 3.66. The van der Waals surface area contributed by atoms with Crippen LogP contribution in [-0.2, 0) is 16.0 Å². The highest BCUT2D eigenvalue weighted by molar-refractivity contribution is 5.84. The van der Waals surface area contributed by atoms with Gasteiger partial charge in [-0.25, -0.2) is 0 Å². The van der Waals surface area contributed by atoms with Crippen molar-refractivity contribution in [2.75, 3.05) is 39.3 Å². The van der Waals surface area contributed by atoms with Crippen molar-refractivity contribution in [3.63, 3.8) is 0 Å². The molecule has 1 aliphatic heterocycles. The summed E-state index contributed by atoms with van der Waals surface area (Å²) in [6.07, 6.45) is 2.61. The molecule has 1 fully saturated rings. The molecule has 2 heterocycles. The Morgan fingerprint density at radius 1 is 1.03 bits per heavy atom. The van der Waals surface area contributed by atoms with Gasteiger partial charge in [-0.2, -0.15) is 0 Å². The molecule has 0 saturated carbocycles. The molecule has 3 rings (SSSR count). The standard InChI is InChI=1S/C23H30N4O2/c1-2-26-14-16-27(17-15-26)22(28)11-13-25-23(29)21(19-8-4-3-5-9-19)18-20-10-6-7-12-24-20/h3-10,12,21H,2,11,13-18H2,1H3,(H,25,29). The zero-order valence-corrected chi connectivity index (χ0v) is 17.1. The van der Waals surface area contributed by atoms with Crippen molar-refractivity contribution in [1.29, 1.82) is 0 Å². The van der Waals surface area contributed by atoms with Crippen LogP contribution < -0.4 is 5.32 Å². The molecule has 1 aliphatic rings. The molecule has 29 heavy (non-hydrogen) atoms. The van der Waals surface area contributed by atoms with Crippen LogP contribution in [0.1, 0.15) is 30.5 Å². The number of carbonyl (C=O) groups excluding carboxylic acids is 2. The lowest BCUT2D eigenvalue weighted by Gasteiger charge is -2.34. The van der Waals surface area contributed by atoms with E-state index < -0.39 is 0 Å². The minimum atomic E-state index is -0.325.